The molecule has 0 spiro atoms. The van der Waals surface area contributed by atoms with Crippen molar-refractivity contribution < 1.29 is 14.0 Å². The Labute approximate surface area is 231 Å². The zero-order valence-corrected chi connectivity index (χ0v) is 23.9. The van der Waals surface area contributed by atoms with Crippen LogP contribution in [0.15, 0.2) is 30.3 Å². The lowest BCUT2D eigenvalue weighted by Gasteiger charge is -2.41. The molecule has 9 heteroatoms. The molecule has 3 rings (SSSR count). The second-order valence-corrected chi connectivity index (χ2v) is 11.1. The first-order valence-electron chi connectivity index (χ1n) is 13.5. The van der Waals surface area contributed by atoms with Crippen LogP contribution in [0.25, 0.3) is 0 Å². The summed E-state index contributed by atoms with van der Waals surface area (Å²) >= 11 is 5.99. The van der Waals surface area contributed by atoms with Crippen molar-refractivity contribution in [2.24, 2.45) is 5.92 Å². The molecule has 2 heterocycles. The maximum Gasteiger partial charge on any atom is 0.322 e. The molecule has 2 N–H and O–H groups in total. The van der Waals surface area contributed by atoms with E-state index >= 15 is 0 Å². The van der Waals surface area contributed by atoms with E-state index in [1.807, 2.05) is 11.8 Å². The second-order valence-electron chi connectivity index (χ2n) is 10.7. The Morgan fingerprint density at radius 3 is 2.39 bits per heavy atom. The fourth-order valence-electron chi connectivity index (χ4n) is 5.01. The molecule has 1 fully saturated rings. The number of likely N-dealkylation sites (tertiary alicyclic amines) is 1. The van der Waals surface area contributed by atoms with E-state index in [4.69, 9.17) is 11.6 Å². The third-order valence-corrected chi connectivity index (χ3v) is 7.50. The molecule has 7 nitrogen and oxygen atoms in total. The number of nitrogens with zero attached hydrogens (tertiary/aromatic N) is 3. The number of benzene rings is 1. The van der Waals surface area contributed by atoms with Crippen molar-refractivity contribution in [3.63, 3.8) is 0 Å². The standard InChI is InChI=1S/C29H41ClFN5O2/c1-19(2)11-17-36(29(38)34-24-8-6-23(31)7-9-24)25-12-15-35(16-13-25)21(4)10-14-32-28(37)27-20(3)18-26(30)33-22(27)5/h6-9,18-19,21,25H,10-17H2,1-5H3,(H,32,37)(H,34,38). The summed E-state index contributed by atoms with van der Waals surface area (Å²) < 4.78 is 13.3. The van der Waals surface area contributed by atoms with Gasteiger partial charge in [-0.2, -0.15) is 0 Å². The number of carbonyl (C=O) groups is 2. The Hall–Kier alpha value is -2.71. The Kier molecular flexibility index (Phi) is 10.9. The minimum atomic E-state index is -0.326. The molecule has 0 radical (unpaired) electrons. The van der Waals surface area contributed by atoms with E-state index in [2.05, 4.69) is 41.3 Å². The van der Waals surface area contributed by atoms with E-state index in [9.17, 15) is 14.0 Å². The zero-order chi connectivity index (χ0) is 27.8. The predicted molar refractivity (Wildman–Crippen MR) is 151 cm³/mol. The zero-order valence-electron chi connectivity index (χ0n) is 23.2. The lowest BCUT2D eigenvalue weighted by Crippen LogP contribution is -2.51. The van der Waals surface area contributed by atoms with Gasteiger partial charge in [-0.15, -0.1) is 0 Å². The van der Waals surface area contributed by atoms with Crippen molar-refractivity contribution >= 4 is 29.2 Å². The van der Waals surface area contributed by atoms with Crippen molar-refractivity contribution in [1.29, 1.82) is 0 Å². The highest BCUT2D eigenvalue weighted by molar-refractivity contribution is 6.29. The number of piperidine rings is 1. The number of urea groups is 1. The molecule has 0 aliphatic carbocycles. The Bertz CT molecular complexity index is 1060. The number of aromatic nitrogens is 1. The summed E-state index contributed by atoms with van der Waals surface area (Å²) in [6.45, 7) is 13.2. The van der Waals surface area contributed by atoms with E-state index in [1.54, 1.807) is 25.1 Å². The summed E-state index contributed by atoms with van der Waals surface area (Å²) in [7, 11) is 0. The molecular weight excluding hydrogens is 505 g/mol. The van der Waals surface area contributed by atoms with Crippen LogP contribution in [-0.2, 0) is 0 Å². The highest BCUT2D eigenvalue weighted by Gasteiger charge is 2.29. The molecule has 0 bridgehead atoms. The summed E-state index contributed by atoms with van der Waals surface area (Å²) in [6.07, 6.45) is 3.54. The molecule has 1 aliphatic rings. The molecular formula is C29H41ClFN5O2. The average Bonchev–Trinajstić information content (AvgIpc) is 2.85. The number of halogens is 2. The molecule has 1 atom stereocenters. The lowest BCUT2D eigenvalue weighted by atomic mass is 10.00. The van der Waals surface area contributed by atoms with Gasteiger partial charge in [0.2, 0.25) is 0 Å². The van der Waals surface area contributed by atoms with Gasteiger partial charge in [0, 0.05) is 44.0 Å². The second kappa shape index (κ2) is 13.9. The molecule has 1 aliphatic heterocycles. The van der Waals surface area contributed by atoms with Gasteiger partial charge in [0.05, 0.1) is 11.3 Å². The van der Waals surface area contributed by atoms with E-state index in [0.717, 1.165) is 44.3 Å². The Morgan fingerprint density at radius 2 is 1.79 bits per heavy atom. The maximum atomic E-state index is 13.3. The van der Waals surface area contributed by atoms with Crippen molar-refractivity contribution in [3.8, 4) is 0 Å². The highest BCUT2D eigenvalue weighted by atomic mass is 35.5. The maximum absolute atomic E-state index is 13.3. The molecule has 38 heavy (non-hydrogen) atoms. The van der Waals surface area contributed by atoms with Crippen LogP contribution in [0.2, 0.25) is 5.15 Å². The van der Waals surface area contributed by atoms with Gasteiger partial charge in [0.25, 0.3) is 5.91 Å². The lowest BCUT2D eigenvalue weighted by molar-refractivity contribution is 0.0921. The molecule has 208 valence electrons. The quantitative estimate of drug-likeness (QED) is 0.357. The fraction of sp³-hybridized carbons (Fsp3) is 0.552. The van der Waals surface area contributed by atoms with Crippen LogP contribution in [0.1, 0.15) is 68.1 Å². The van der Waals surface area contributed by atoms with Gasteiger partial charge in [0.15, 0.2) is 0 Å². The number of aryl methyl sites for hydroxylation is 2. The summed E-state index contributed by atoms with van der Waals surface area (Å²) in [5.74, 6) is 0.0404. The van der Waals surface area contributed by atoms with E-state index in [0.29, 0.717) is 47.1 Å². The molecule has 3 amide bonds. The van der Waals surface area contributed by atoms with Gasteiger partial charge in [-0.05, 0) is 88.3 Å². The minimum Gasteiger partial charge on any atom is -0.352 e. The normalized spacial score (nSPS) is 15.4. The first kappa shape index (κ1) is 29.8. The minimum absolute atomic E-state index is 0.122. The topological polar surface area (TPSA) is 77.6 Å². The van der Waals surface area contributed by atoms with Crippen LogP contribution in [0.3, 0.4) is 0 Å². The smallest absolute Gasteiger partial charge is 0.322 e. The number of hydrogen-bond donors (Lipinski definition) is 2. The highest BCUT2D eigenvalue weighted by Crippen LogP contribution is 2.22. The number of anilines is 1. The van der Waals surface area contributed by atoms with E-state index in [1.165, 1.54) is 12.1 Å². The van der Waals surface area contributed by atoms with E-state index < -0.39 is 0 Å². The molecule has 2 aromatic rings. The largest absolute Gasteiger partial charge is 0.352 e. The SMILES string of the molecule is Cc1cc(Cl)nc(C)c1C(=O)NCCC(C)N1CCC(N(CCC(C)C)C(=O)Nc2ccc(F)cc2)CC1. The van der Waals surface area contributed by atoms with Gasteiger partial charge >= 0.3 is 6.03 Å². The Balaban J connectivity index is 1.50. The van der Waals surface area contributed by atoms with Crippen LogP contribution < -0.4 is 10.6 Å². The Morgan fingerprint density at radius 1 is 1.13 bits per heavy atom. The summed E-state index contributed by atoms with van der Waals surface area (Å²) in [4.78, 5) is 34.5. The van der Waals surface area contributed by atoms with Crippen LogP contribution >= 0.6 is 11.6 Å². The molecule has 0 saturated carbocycles. The van der Waals surface area contributed by atoms with Crippen molar-refractivity contribution in [3.05, 3.63) is 58.1 Å². The summed E-state index contributed by atoms with van der Waals surface area (Å²) in [5.41, 5.74) is 2.64. The van der Waals surface area contributed by atoms with Gasteiger partial charge in [-0.1, -0.05) is 25.4 Å². The number of nitrogens with one attached hydrogen (secondary N) is 2. The number of hydrogen-bond acceptors (Lipinski definition) is 4. The van der Waals surface area contributed by atoms with Crippen LogP contribution in [0, 0.1) is 25.6 Å². The van der Waals surface area contributed by atoms with Gasteiger partial charge in [-0.25, -0.2) is 14.2 Å². The van der Waals surface area contributed by atoms with Crippen molar-refractivity contribution in [2.45, 2.75) is 72.4 Å². The number of amides is 3. The molecule has 1 aromatic heterocycles. The van der Waals surface area contributed by atoms with Crippen LogP contribution in [0.5, 0.6) is 0 Å². The first-order chi connectivity index (χ1) is 18.0. The number of rotatable bonds is 10. The molecule has 1 unspecified atom stereocenters. The van der Waals surface area contributed by atoms with Crippen LogP contribution in [-0.4, -0.2) is 65.0 Å². The van der Waals surface area contributed by atoms with Crippen molar-refractivity contribution in [1.82, 2.24) is 20.1 Å². The number of carbonyl (C=O) groups excluding carboxylic acids is 2. The fourth-order valence-corrected chi connectivity index (χ4v) is 5.30. The van der Waals surface area contributed by atoms with E-state index in [-0.39, 0.29) is 23.8 Å². The summed E-state index contributed by atoms with van der Waals surface area (Å²) in [5, 5.41) is 6.37. The third kappa shape index (κ3) is 8.40. The predicted octanol–water partition coefficient (Wildman–Crippen LogP) is 6.04. The number of pyridine rings is 1. The monoisotopic (exact) mass is 545 g/mol. The summed E-state index contributed by atoms with van der Waals surface area (Å²) in [6, 6.07) is 7.91. The van der Waals surface area contributed by atoms with Crippen LogP contribution in [0.4, 0.5) is 14.9 Å². The third-order valence-electron chi connectivity index (χ3n) is 7.31. The molecule has 1 aromatic carbocycles. The molecule has 1 saturated heterocycles. The first-order valence-corrected chi connectivity index (χ1v) is 13.9. The average molecular weight is 546 g/mol. The van der Waals surface area contributed by atoms with Gasteiger partial charge in [-0.3, -0.25) is 4.79 Å². The van der Waals surface area contributed by atoms with Crippen molar-refractivity contribution in [2.75, 3.05) is 31.5 Å². The van der Waals surface area contributed by atoms with Gasteiger partial charge in [0.1, 0.15) is 11.0 Å². The van der Waals surface area contributed by atoms with Gasteiger partial charge < -0.3 is 20.4 Å².